The molecule has 0 aliphatic carbocycles. The third kappa shape index (κ3) is 7.16. The van der Waals surface area contributed by atoms with Gasteiger partial charge in [-0.3, -0.25) is 0 Å². The van der Waals surface area contributed by atoms with Crippen LogP contribution in [0.25, 0.3) is 46.6 Å². The van der Waals surface area contributed by atoms with Crippen molar-refractivity contribution >= 4 is 36.1 Å². The van der Waals surface area contributed by atoms with Gasteiger partial charge in [-0.2, -0.15) is 0 Å². The predicted octanol–water partition coefficient (Wildman–Crippen LogP) is 10.9. The van der Waals surface area contributed by atoms with E-state index in [4.69, 9.17) is 0 Å². The van der Waals surface area contributed by atoms with Crippen molar-refractivity contribution in [3.63, 3.8) is 0 Å². The number of hydrogen-bond acceptors (Lipinski definition) is 3. The van der Waals surface area contributed by atoms with Gasteiger partial charge in [0.1, 0.15) is 11.5 Å². The van der Waals surface area contributed by atoms with E-state index in [1.165, 1.54) is 11.8 Å². The Kier molecular flexibility index (Phi) is 8.54. The molecule has 0 aliphatic rings. The normalized spacial score (nSPS) is 11.3. The minimum Gasteiger partial charge on any atom is -0.507 e. The Labute approximate surface area is 257 Å². The number of phenols is 2. The Balaban J connectivity index is 1.18. The average Bonchev–Trinajstić information content (AvgIpc) is 3.06. The van der Waals surface area contributed by atoms with Crippen LogP contribution in [-0.4, -0.2) is 10.2 Å². The predicted molar refractivity (Wildman–Crippen MR) is 182 cm³/mol. The molecule has 0 radical (unpaired) electrons. The monoisotopic (exact) mass is 574 g/mol. The second-order valence-corrected chi connectivity index (χ2v) is 11.3. The van der Waals surface area contributed by atoms with Gasteiger partial charge in [0.2, 0.25) is 0 Å². The fraction of sp³-hybridized carbons (Fsp3) is 0. The second kappa shape index (κ2) is 13.2. The Bertz CT molecular complexity index is 1730. The Morgan fingerprint density at radius 3 is 1.05 bits per heavy atom. The molecule has 0 aromatic heterocycles. The van der Waals surface area contributed by atoms with E-state index >= 15 is 0 Å². The van der Waals surface area contributed by atoms with Crippen LogP contribution in [0.15, 0.2) is 155 Å². The topological polar surface area (TPSA) is 40.5 Å². The van der Waals surface area contributed by atoms with Crippen LogP contribution in [0, 0.1) is 0 Å². The first-order chi connectivity index (χ1) is 21.1. The Morgan fingerprint density at radius 1 is 0.349 bits per heavy atom. The molecule has 0 bridgehead atoms. The quantitative estimate of drug-likeness (QED) is 0.178. The lowest BCUT2D eigenvalue weighted by Gasteiger charge is -2.11. The van der Waals surface area contributed by atoms with E-state index < -0.39 is 0 Å². The minimum absolute atomic E-state index is 0.176. The van der Waals surface area contributed by atoms with E-state index in [9.17, 15) is 10.2 Å². The third-order valence-corrected chi connectivity index (χ3v) is 8.26. The molecule has 6 aromatic carbocycles. The molecule has 0 fully saturated rings. The van der Waals surface area contributed by atoms with E-state index in [1.807, 2.05) is 60.7 Å². The number of rotatable bonds is 8. The molecule has 3 heteroatoms. The standard InChI is InChI=1S/C40H30O2S/c41-37-25-23-35(33-19-15-31(16-20-33)13-11-29-7-3-1-4-8-29)27-39(37)43-40-28-36(24-26-38(40)42)34-21-17-32(18-22-34)14-12-30-9-5-2-6-10-30/h1-28,41-42H/b13-11+,14-12+. The number of hydrogen-bond donors (Lipinski definition) is 2. The van der Waals surface area contributed by atoms with Crippen molar-refractivity contribution in [1.82, 2.24) is 0 Å². The highest BCUT2D eigenvalue weighted by atomic mass is 32.2. The van der Waals surface area contributed by atoms with Gasteiger partial charge in [0.25, 0.3) is 0 Å². The van der Waals surface area contributed by atoms with Gasteiger partial charge in [-0.1, -0.05) is 157 Å². The summed E-state index contributed by atoms with van der Waals surface area (Å²) in [6.07, 6.45) is 8.40. The molecule has 6 rings (SSSR count). The first-order valence-electron chi connectivity index (χ1n) is 14.1. The molecule has 0 atom stereocenters. The lowest BCUT2D eigenvalue weighted by molar-refractivity contribution is 0.460. The van der Waals surface area contributed by atoms with Gasteiger partial charge in [0.15, 0.2) is 0 Å². The molecule has 6 aromatic rings. The van der Waals surface area contributed by atoms with E-state index in [2.05, 4.69) is 97.1 Å². The summed E-state index contributed by atoms with van der Waals surface area (Å²) in [4.78, 5) is 1.36. The first-order valence-corrected chi connectivity index (χ1v) is 14.9. The van der Waals surface area contributed by atoms with Crippen molar-refractivity contribution in [3.05, 3.63) is 168 Å². The average molecular weight is 575 g/mol. The molecule has 0 amide bonds. The highest BCUT2D eigenvalue weighted by Gasteiger charge is 2.11. The SMILES string of the molecule is Oc1ccc(-c2ccc(/C=C/c3ccccc3)cc2)cc1Sc1cc(-c2ccc(/C=C/c3ccccc3)cc2)ccc1O. The lowest BCUT2D eigenvalue weighted by atomic mass is 10.0. The van der Waals surface area contributed by atoms with Crippen LogP contribution in [-0.2, 0) is 0 Å². The van der Waals surface area contributed by atoms with Gasteiger partial charge in [-0.15, -0.1) is 0 Å². The molecule has 208 valence electrons. The van der Waals surface area contributed by atoms with Crippen LogP contribution in [0.5, 0.6) is 11.5 Å². The van der Waals surface area contributed by atoms with Gasteiger partial charge >= 0.3 is 0 Å². The minimum atomic E-state index is 0.176. The summed E-state index contributed by atoms with van der Waals surface area (Å²) in [6.45, 7) is 0. The summed E-state index contributed by atoms with van der Waals surface area (Å²) in [5.74, 6) is 0.353. The van der Waals surface area contributed by atoms with Gasteiger partial charge in [0.05, 0.1) is 9.79 Å². The van der Waals surface area contributed by atoms with E-state index in [0.29, 0.717) is 9.79 Å². The van der Waals surface area contributed by atoms with Crippen LogP contribution in [0.2, 0.25) is 0 Å². The van der Waals surface area contributed by atoms with E-state index in [1.54, 1.807) is 12.1 Å². The molecule has 0 heterocycles. The number of benzene rings is 6. The zero-order valence-electron chi connectivity index (χ0n) is 23.5. The molecule has 43 heavy (non-hydrogen) atoms. The summed E-state index contributed by atoms with van der Waals surface area (Å²) in [5.41, 5.74) is 8.64. The maximum absolute atomic E-state index is 10.7. The molecule has 0 aliphatic heterocycles. The lowest BCUT2D eigenvalue weighted by Crippen LogP contribution is -1.84. The summed E-state index contributed by atoms with van der Waals surface area (Å²) in [7, 11) is 0. The first kappa shape index (κ1) is 27.9. The smallest absolute Gasteiger partial charge is 0.129 e. The highest BCUT2D eigenvalue weighted by Crippen LogP contribution is 2.42. The van der Waals surface area contributed by atoms with E-state index in [0.717, 1.165) is 44.5 Å². The molecular weight excluding hydrogens is 545 g/mol. The van der Waals surface area contributed by atoms with Gasteiger partial charge in [-0.05, 0) is 68.8 Å². The Morgan fingerprint density at radius 2 is 0.674 bits per heavy atom. The largest absolute Gasteiger partial charge is 0.507 e. The number of phenolic OH excluding ortho intramolecular Hbond substituents is 2. The van der Waals surface area contributed by atoms with Crippen LogP contribution in [0.1, 0.15) is 22.3 Å². The van der Waals surface area contributed by atoms with Crippen LogP contribution in [0.3, 0.4) is 0 Å². The molecular formula is C40H30O2S. The van der Waals surface area contributed by atoms with Gasteiger partial charge in [-0.25, -0.2) is 0 Å². The van der Waals surface area contributed by atoms with Crippen molar-refractivity contribution in [2.75, 3.05) is 0 Å². The molecule has 0 saturated heterocycles. The van der Waals surface area contributed by atoms with Crippen molar-refractivity contribution in [2.24, 2.45) is 0 Å². The summed E-state index contributed by atoms with van der Waals surface area (Å²) >= 11 is 1.35. The van der Waals surface area contributed by atoms with Crippen molar-refractivity contribution in [3.8, 4) is 33.8 Å². The fourth-order valence-corrected chi connectivity index (χ4v) is 5.71. The summed E-state index contributed by atoms with van der Waals surface area (Å²) in [5, 5.41) is 21.4. The zero-order valence-corrected chi connectivity index (χ0v) is 24.3. The maximum Gasteiger partial charge on any atom is 0.129 e. The summed E-state index contributed by atoms with van der Waals surface area (Å²) < 4.78 is 0. The summed E-state index contributed by atoms with van der Waals surface area (Å²) in [6, 6.07) is 48.4. The van der Waals surface area contributed by atoms with Gasteiger partial charge < -0.3 is 10.2 Å². The molecule has 0 spiro atoms. The van der Waals surface area contributed by atoms with Crippen LogP contribution >= 0.6 is 11.8 Å². The van der Waals surface area contributed by atoms with Crippen molar-refractivity contribution in [1.29, 1.82) is 0 Å². The zero-order chi connectivity index (χ0) is 29.4. The maximum atomic E-state index is 10.7. The fourth-order valence-electron chi connectivity index (χ4n) is 4.76. The number of aromatic hydroxyl groups is 2. The molecule has 2 N–H and O–H groups in total. The molecule has 0 saturated carbocycles. The van der Waals surface area contributed by atoms with Crippen LogP contribution < -0.4 is 0 Å². The molecule has 0 unspecified atom stereocenters. The highest BCUT2D eigenvalue weighted by molar-refractivity contribution is 7.99. The van der Waals surface area contributed by atoms with Crippen LogP contribution in [0.4, 0.5) is 0 Å². The van der Waals surface area contributed by atoms with Gasteiger partial charge in [0, 0.05) is 0 Å². The van der Waals surface area contributed by atoms with Crippen molar-refractivity contribution in [2.45, 2.75) is 9.79 Å². The van der Waals surface area contributed by atoms with E-state index in [-0.39, 0.29) is 11.5 Å². The Hall–Kier alpha value is -5.25. The van der Waals surface area contributed by atoms with Crippen molar-refractivity contribution < 1.29 is 10.2 Å². The second-order valence-electron chi connectivity index (χ2n) is 10.2. The molecule has 2 nitrogen and oxygen atoms in total. The third-order valence-electron chi connectivity index (χ3n) is 7.16.